The van der Waals surface area contributed by atoms with Gasteiger partial charge in [-0.2, -0.15) is 0 Å². The third-order valence-corrected chi connectivity index (χ3v) is 4.13. The predicted molar refractivity (Wildman–Crippen MR) is 93.3 cm³/mol. The minimum atomic E-state index is -0.483. The number of nitrogens with two attached hydrogens (primary N) is 2. The van der Waals surface area contributed by atoms with Crippen molar-refractivity contribution >= 4 is 0 Å². The molecule has 4 N–H and O–H groups in total. The topological polar surface area (TPSA) is 61.3 Å². The Bertz CT molecular complexity index is 203. The summed E-state index contributed by atoms with van der Waals surface area (Å²) in [5, 5.41) is 0. The summed E-state index contributed by atoms with van der Waals surface area (Å²) in [5.74, 6) is 0. The van der Waals surface area contributed by atoms with Gasteiger partial charge < -0.3 is 16.2 Å². The lowest BCUT2D eigenvalue weighted by Gasteiger charge is -2.29. The first-order valence-electron chi connectivity index (χ1n) is 9.31. The van der Waals surface area contributed by atoms with Crippen molar-refractivity contribution in [2.45, 2.75) is 103 Å². The van der Waals surface area contributed by atoms with Gasteiger partial charge in [-0.25, -0.2) is 0 Å². The SMILES string of the molecule is CCCCCCCCCCCCOC(N)(CCC)CCN. The van der Waals surface area contributed by atoms with Crippen LogP contribution < -0.4 is 11.5 Å². The van der Waals surface area contributed by atoms with Crippen molar-refractivity contribution in [3.05, 3.63) is 0 Å². The van der Waals surface area contributed by atoms with Gasteiger partial charge in [-0.15, -0.1) is 0 Å². The maximum Gasteiger partial charge on any atom is 0.117 e. The molecular weight excluding hydrogens is 260 g/mol. The average Bonchev–Trinajstić information content (AvgIpc) is 2.45. The molecule has 3 nitrogen and oxygen atoms in total. The lowest BCUT2D eigenvalue weighted by Crippen LogP contribution is -2.44. The molecule has 0 aromatic rings. The predicted octanol–water partition coefficient (Wildman–Crippen LogP) is 4.73. The van der Waals surface area contributed by atoms with Crippen molar-refractivity contribution in [1.29, 1.82) is 0 Å². The van der Waals surface area contributed by atoms with Crippen LogP contribution in [0.25, 0.3) is 0 Å². The van der Waals surface area contributed by atoms with E-state index in [1.807, 2.05) is 0 Å². The molecule has 1 atom stereocenters. The number of hydrogen-bond acceptors (Lipinski definition) is 3. The molecule has 0 heterocycles. The van der Waals surface area contributed by atoms with E-state index in [1.165, 1.54) is 57.8 Å². The average molecular weight is 301 g/mol. The molecule has 0 aromatic carbocycles. The van der Waals surface area contributed by atoms with Crippen molar-refractivity contribution < 1.29 is 4.74 Å². The van der Waals surface area contributed by atoms with Crippen molar-refractivity contribution in [2.75, 3.05) is 13.2 Å². The first-order valence-corrected chi connectivity index (χ1v) is 9.31. The zero-order valence-electron chi connectivity index (χ0n) is 14.7. The fourth-order valence-corrected chi connectivity index (χ4v) is 2.80. The first kappa shape index (κ1) is 20.9. The minimum absolute atomic E-state index is 0.483. The van der Waals surface area contributed by atoms with Gasteiger partial charge >= 0.3 is 0 Å². The largest absolute Gasteiger partial charge is 0.361 e. The molecule has 0 saturated heterocycles. The summed E-state index contributed by atoms with van der Waals surface area (Å²) < 4.78 is 5.88. The third-order valence-electron chi connectivity index (χ3n) is 4.13. The Morgan fingerprint density at radius 1 is 0.714 bits per heavy atom. The molecule has 0 fully saturated rings. The fourth-order valence-electron chi connectivity index (χ4n) is 2.80. The van der Waals surface area contributed by atoms with E-state index in [-0.39, 0.29) is 0 Å². The number of unbranched alkanes of at least 4 members (excludes halogenated alkanes) is 9. The first-order chi connectivity index (χ1) is 10.2. The van der Waals surface area contributed by atoms with Gasteiger partial charge in [0, 0.05) is 13.0 Å². The molecular formula is C18H40N2O. The molecule has 0 aliphatic rings. The molecule has 0 amide bonds. The maximum absolute atomic E-state index is 6.24. The van der Waals surface area contributed by atoms with E-state index in [2.05, 4.69) is 13.8 Å². The quantitative estimate of drug-likeness (QED) is 0.320. The lowest BCUT2D eigenvalue weighted by atomic mass is 10.0. The normalized spacial score (nSPS) is 14.3. The van der Waals surface area contributed by atoms with E-state index in [0.29, 0.717) is 6.54 Å². The van der Waals surface area contributed by atoms with Gasteiger partial charge in [0.2, 0.25) is 0 Å². The number of ether oxygens (including phenoxy) is 1. The van der Waals surface area contributed by atoms with E-state index in [0.717, 1.165) is 32.3 Å². The van der Waals surface area contributed by atoms with E-state index in [9.17, 15) is 0 Å². The van der Waals surface area contributed by atoms with Gasteiger partial charge in [0.05, 0.1) is 0 Å². The van der Waals surface area contributed by atoms with E-state index < -0.39 is 5.72 Å². The van der Waals surface area contributed by atoms with Crippen LogP contribution >= 0.6 is 0 Å². The van der Waals surface area contributed by atoms with Gasteiger partial charge in [0.25, 0.3) is 0 Å². The van der Waals surface area contributed by atoms with Crippen LogP contribution in [0.3, 0.4) is 0 Å². The van der Waals surface area contributed by atoms with Crippen LogP contribution in [0.15, 0.2) is 0 Å². The van der Waals surface area contributed by atoms with E-state index in [4.69, 9.17) is 16.2 Å². The Morgan fingerprint density at radius 2 is 1.24 bits per heavy atom. The molecule has 0 aliphatic carbocycles. The van der Waals surface area contributed by atoms with Crippen LogP contribution in [0.1, 0.15) is 97.3 Å². The van der Waals surface area contributed by atoms with Crippen LogP contribution in [0.4, 0.5) is 0 Å². The monoisotopic (exact) mass is 300 g/mol. The number of hydrogen-bond donors (Lipinski definition) is 2. The Hall–Kier alpha value is -0.120. The van der Waals surface area contributed by atoms with Crippen LogP contribution in [0, 0.1) is 0 Å². The summed E-state index contributed by atoms with van der Waals surface area (Å²) in [6.45, 7) is 5.80. The zero-order valence-corrected chi connectivity index (χ0v) is 14.7. The second-order valence-corrected chi connectivity index (χ2v) is 6.38. The molecule has 0 saturated carbocycles. The molecule has 0 spiro atoms. The lowest BCUT2D eigenvalue weighted by molar-refractivity contribution is -0.0534. The Labute approximate surface area is 133 Å². The standard InChI is InChI=1S/C18H40N2O/c1-3-5-6-7-8-9-10-11-12-13-17-21-18(20,14-4-2)15-16-19/h3-17,19-20H2,1-2H3. The summed E-state index contributed by atoms with van der Waals surface area (Å²) in [4.78, 5) is 0. The van der Waals surface area contributed by atoms with Crippen molar-refractivity contribution in [3.63, 3.8) is 0 Å². The van der Waals surface area contributed by atoms with Crippen molar-refractivity contribution in [2.24, 2.45) is 11.5 Å². The Morgan fingerprint density at radius 3 is 1.71 bits per heavy atom. The molecule has 0 rings (SSSR count). The molecule has 0 radical (unpaired) electrons. The van der Waals surface area contributed by atoms with Crippen LogP contribution in [0.5, 0.6) is 0 Å². The molecule has 0 bridgehead atoms. The minimum Gasteiger partial charge on any atom is -0.361 e. The molecule has 3 heteroatoms. The van der Waals surface area contributed by atoms with Gasteiger partial charge in [-0.3, -0.25) is 0 Å². The molecule has 128 valence electrons. The van der Waals surface area contributed by atoms with Gasteiger partial charge in [0.15, 0.2) is 0 Å². The summed E-state index contributed by atoms with van der Waals surface area (Å²) in [6, 6.07) is 0. The second kappa shape index (κ2) is 14.8. The number of rotatable bonds is 16. The molecule has 0 aliphatic heterocycles. The smallest absolute Gasteiger partial charge is 0.117 e. The molecule has 21 heavy (non-hydrogen) atoms. The summed E-state index contributed by atoms with van der Waals surface area (Å²) >= 11 is 0. The highest BCUT2D eigenvalue weighted by molar-refractivity contribution is 4.73. The summed E-state index contributed by atoms with van der Waals surface area (Å²) in [7, 11) is 0. The highest BCUT2D eigenvalue weighted by Crippen LogP contribution is 2.17. The highest BCUT2D eigenvalue weighted by atomic mass is 16.5. The summed E-state index contributed by atoms with van der Waals surface area (Å²) in [5.41, 5.74) is 11.4. The third kappa shape index (κ3) is 13.3. The second-order valence-electron chi connectivity index (χ2n) is 6.38. The Balaban J connectivity index is 3.37. The Kier molecular flexibility index (Phi) is 14.7. The van der Waals surface area contributed by atoms with Crippen molar-refractivity contribution in [3.8, 4) is 0 Å². The van der Waals surface area contributed by atoms with Crippen LogP contribution in [-0.2, 0) is 4.74 Å². The van der Waals surface area contributed by atoms with E-state index in [1.54, 1.807) is 0 Å². The maximum atomic E-state index is 6.24. The zero-order chi connectivity index (χ0) is 15.8. The highest BCUT2D eigenvalue weighted by Gasteiger charge is 2.23. The van der Waals surface area contributed by atoms with Gasteiger partial charge in [0.1, 0.15) is 5.72 Å². The van der Waals surface area contributed by atoms with Crippen molar-refractivity contribution in [1.82, 2.24) is 0 Å². The summed E-state index contributed by atoms with van der Waals surface area (Å²) in [6.07, 6.45) is 16.2. The van der Waals surface area contributed by atoms with Crippen LogP contribution in [0.2, 0.25) is 0 Å². The van der Waals surface area contributed by atoms with E-state index >= 15 is 0 Å². The van der Waals surface area contributed by atoms with Gasteiger partial charge in [-0.05, 0) is 19.4 Å². The van der Waals surface area contributed by atoms with Gasteiger partial charge in [-0.1, -0.05) is 78.1 Å². The molecule has 1 unspecified atom stereocenters. The fraction of sp³-hybridized carbons (Fsp3) is 1.00. The van der Waals surface area contributed by atoms with Crippen LogP contribution in [-0.4, -0.2) is 18.9 Å². The molecule has 0 aromatic heterocycles.